The van der Waals surface area contributed by atoms with Crippen LogP contribution in [0.1, 0.15) is 18.3 Å². The van der Waals surface area contributed by atoms with Gasteiger partial charge in [-0.1, -0.05) is 0 Å². The van der Waals surface area contributed by atoms with Gasteiger partial charge in [-0.25, -0.2) is 4.98 Å². The molecule has 1 aromatic heterocycles. The van der Waals surface area contributed by atoms with Crippen molar-refractivity contribution in [2.24, 2.45) is 0 Å². The van der Waals surface area contributed by atoms with Gasteiger partial charge in [0.1, 0.15) is 12.2 Å². The fourth-order valence-electron chi connectivity index (χ4n) is 1.31. The van der Waals surface area contributed by atoms with E-state index < -0.39 is 0 Å². The Hall–Kier alpha value is -0.940. The second-order valence-electron chi connectivity index (χ2n) is 2.72. The predicted octanol–water partition coefficient (Wildman–Crippen LogP) is -0.800. The fraction of sp³-hybridized carbons (Fsp3) is 0.667. The second-order valence-corrected chi connectivity index (χ2v) is 2.72. The van der Waals surface area contributed by atoms with Crippen molar-refractivity contribution in [3.8, 4) is 0 Å². The van der Waals surface area contributed by atoms with Crippen LogP contribution < -0.4 is 5.32 Å². The molecule has 5 nitrogen and oxygen atoms in total. The van der Waals surface area contributed by atoms with Crippen LogP contribution in [0.4, 0.5) is 0 Å². The molecule has 1 fully saturated rings. The molecule has 1 saturated heterocycles. The molecule has 1 aromatic rings. The number of aromatic amines is 1. The lowest BCUT2D eigenvalue weighted by molar-refractivity contribution is 0.193. The normalized spacial score (nSPS) is 31.0. The zero-order valence-corrected chi connectivity index (χ0v) is 5.99. The standard InChI is InChI=1S/C6H10N4O/c11-4-1-5(7-2-4)6-8-3-9-10-6/h3-5,7,11H,1-2H2,(H,8,9,10)/t4?,5-/m0/s1. The Labute approximate surface area is 63.8 Å². The largest absolute Gasteiger partial charge is 0.392 e. The Bertz CT molecular complexity index is 222. The van der Waals surface area contributed by atoms with Crippen molar-refractivity contribution < 1.29 is 5.11 Å². The molecule has 0 amide bonds. The summed E-state index contributed by atoms with van der Waals surface area (Å²) in [7, 11) is 0. The molecule has 1 aliphatic heterocycles. The number of aromatic nitrogens is 3. The Morgan fingerprint density at radius 2 is 2.55 bits per heavy atom. The SMILES string of the molecule is OC1CN[C@H](c2ncn[nH]2)C1. The molecule has 3 N–H and O–H groups in total. The maximum absolute atomic E-state index is 9.17. The van der Waals surface area contributed by atoms with E-state index in [0.717, 1.165) is 12.2 Å². The highest BCUT2D eigenvalue weighted by atomic mass is 16.3. The average molecular weight is 154 g/mol. The van der Waals surface area contributed by atoms with Gasteiger partial charge in [0, 0.05) is 6.54 Å². The van der Waals surface area contributed by atoms with Crippen molar-refractivity contribution >= 4 is 0 Å². The Balaban J connectivity index is 2.08. The van der Waals surface area contributed by atoms with E-state index >= 15 is 0 Å². The molecule has 0 spiro atoms. The maximum Gasteiger partial charge on any atom is 0.141 e. The monoisotopic (exact) mass is 154 g/mol. The minimum atomic E-state index is -0.245. The van der Waals surface area contributed by atoms with Crippen LogP contribution in [0.25, 0.3) is 0 Å². The zero-order valence-electron chi connectivity index (χ0n) is 5.99. The molecular formula is C6H10N4O. The molecule has 2 heterocycles. The molecule has 1 aliphatic rings. The number of rotatable bonds is 1. The van der Waals surface area contributed by atoms with Crippen LogP contribution in [-0.2, 0) is 0 Å². The Kier molecular flexibility index (Phi) is 1.59. The summed E-state index contributed by atoms with van der Waals surface area (Å²) in [6.45, 7) is 0.644. The van der Waals surface area contributed by atoms with Crippen LogP contribution in [0.2, 0.25) is 0 Å². The number of aliphatic hydroxyl groups is 1. The highest BCUT2D eigenvalue weighted by Gasteiger charge is 2.24. The summed E-state index contributed by atoms with van der Waals surface area (Å²) >= 11 is 0. The van der Waals surface area contributed by atoms with Gasteiger partial charge >= 0.3 is 0 Å². The lowest BCUT2D eigenvalue weighted by Crippen LogP contribution is -2.15. The summed E-state index contributed by atoms with van der Waals surface area (Å²) in [5, 5.41) is 18.8. The smallest absolute Gasteiger partial charge is 0.141 e. The number of hydrogen-bond donors (Lipinski definition) is 3. The van der Waals surface area contributed by atoms with E-state index in [9.17, 15) is 5.11 Å². The summed E-state index contributed by atoms with van der Waals surface area (Å²) in [6, 6.07) is 0.146. The third-order valence-corrected chi connectivity index (χ3v) is 1.87. The minimum absolute atomic E-state index is 0.146. The first-order chi connectivity index (χ1) is 5.36. The van der Waals surface area contributed by atoms with Crippen LogP contribution >= 0.6 is 0 Å². The summed E-state index contributed by atoms with van der Waals surface area (Å²) in [5.41, 5.74) is 0. The van der Waals surface area contributed by atoms with E-state index in [4.69, 9.17) is 0 Å². The van der Waals surface area contributed by atoms with Crippen molar-refractivity contribution in [2.75, 3.05) is 6.54 Å². The molecule has 0 aliphatic carbocycles. The summed E-state index contributed by atoms with van der Waals surface area (Å²) in [4.78, 5) is 3.99. The van der Waals surface area contributed by atoms with Gasteiger partial charge in [0.25, 0.3) is 0 Å². The number of β-amino-alcohol motifs (C(OH)–C–C–N with tert-alkyl or cyclic N) is 1. The fourth-order valence-corrected chi connectivity index (χ4v) is 1.31. The summed E-state index contributed by atoms with van der Waals surface area (Å²) in [6.07, 6.45) is 1.95. The maximum atomic E-state index is 9.17. The first kappa shape index (κ1) is 6.75. The van der Waals surface area contributed by atoms with Gasteiger partial charge in [0.2, 0.25) is 0 Å². The van der Waals surface area contributed by atoms with Crippen LogP contribution in [0, 0.1) is 0 Å². The van der Waals surface area contributed by atoms with E-state index in [1.807, 2.05) is 0 Å². The van der Waals surface area contributed by atoms with E-state index in [0.29, 0.717) is 6.54 Å². The topological polar surface area (TPSA) is 73.8 Å². The van der Waals surface area contributed by atoms with Gasteiger partial charge in [-0.15, -0.1) is 0 Å². The quantitative estimate of drug-likeness (QED) is 0.495. The van der Waals surface area contributed by atoms with Gasteiger partial charge in [0.05, 0.1) is 12.1 Å². The molecule has 2 atom stereocenters. The van der Waals surface area contributed by atoms with E-state index in [2.05, 4.69) is 20.5 Å². The molecule has 60 valence electrons. The van der Waals surface area contributed by atoms with E-state index in [-0.39, 0.29) is 12.1 Å². The first-order valence-electron chi connectivity index (χ1n) is 3.63. The summed E-state index contributed by atoms with van der Waals surface area (Å²) < 4.78 is 0. The summed E-state index contributed by atoms with van der Waals surface area (Å²) in [5.74, 6) is 0.807. The molecule has 0 saturated carbocycles. The van der Waals surface area contributed by atoms with Crippen LogP contribution in [0.5, 0.6) is 0 Å². The molecule has 0 bridgehead atoms. The molecule has 1 unspecified atom stereocenters. The number of nitrogens with one attached hydrogen (secondary N) is 2. The Morgan fingerprint density at radius 3 is 3.09 bits per heavy atom. The van der Waals surface area contributed by atoms with Crippen LogP contribution in [-0.4, -0.2) is 32.9 Å². The number of hydrogen-bond acceptors (Lipinski definition) is 4. The molecule has 11 heavy (non-hydrogen) atoms. The third-order valence-electron chi connectivity index (χ3n) is 1.87. The third kappa shape index (κ3) is 1.24. The Morgan fingerprint density at radius 1 is 1.64 bits per heavy atom. The van der Waals surface area contributed by atoms with Crippen molar-refractivity contribution in [3.05, 3.63) is 12.2 Å². The van der Waals surface area contributed by atoms with Gasteiger partial charge in [-0.3, -0.25) is 5.10 Å². The lowest BCUT2D eigenvalue weighted by Gasteiger charge is -2.03. The number of aliphatic hydroxyl groups excluding tert-OH is 1. The van der Waals surface area contributed by atoms with Crippen LogP contribution in [0.15, 0.2) is 6.33 Å². The first-order valence-corrected chi connectivity index (χ1v) is 3.63. The van der Waals surface area contributed by atoms with Crippen LogP contribution in [0.3, 0.4) is 0 Å². The van der Waals surface area contributed by atoms with E-state index in [1.165, 1.54) is 6.33 Å². The molecule has 0 radical (unpaired) electrons. The van der Waals surface area contributed by atoms with Crippen molar-refractivity contribution in [1.29, 1.82) is 0 Å². The highest BCUT2D eigenvalue weighted by Crippen LogP contribution is 2.18. The second kappa shape index (κ2) is 2.60. The molecule has 0 aromatic carbocycles. The van der Waals surface area contributed by atoms with Crippen molar-refractivity contribution in [3.63, 3.8) is 0 Å². The lowest BCUT2D eigenvalue weighted by atomic mass is 10.2. The van der Waals surface area contributed by atoms with Gasteiger partial charge in [-0.05, 0) is 6.42 Å². The zero-order chi connectivity index (χ0) is 7.68. The molecular weight excluding hydrogens is 144 g/mol. The highest BCUT2D eigenvalue weighted by molar-refractivity contribution is 4.96. The number of H-pyrrole nitrogens is 1. The van der Waals surface area contributed by atoms with Gasteiger partial charge in [0.15, 0.2) is 0 Å². The molecule has 5 heteroatoms. The van der Waals surface area contributed by atoms with Gasteiger partial charge < -0.3 is 10.4 Å². The van der Waals surface area contributed by atoms with E-state index in [1.54, 1.807) is 0 Å². The van der Waals surface area contributed by atoms with Crippen molar-refractivity contribution in [1.82, 2.24) is 20.5 Å². The molecule has 2 rings (SSSR count). The number of nitrogens with zero attached hydrogens (tertiary/aromatic N) is 2. The average Bonchev–Trinajstić information content (AvgIpc) is 2.55. The minimum Gasteiger partial charge on any atom is -0.392 e. The van der Waals surface area contributed by atoms with Crippen molar-refractivity contribution in [2.45, 2.75) is 18.6 Å². The predicted molar refractivity (Wildman–Crippen MR) is 37.8 cm³/mol. The van der Waals surface area contributed by atoms with Gasteiger partial charge in [-0.2, -0.15) is 5.10 Å².